The van der Waals surface area contributed by atoms with Crippen LogP contribution in [0, 0.1) is 11.8 Å². The Labute approximate surface area is 190 Å². The molecule has 31 heavy (non-hydrogen) atoms. The van der Waals surface area contributed by atoms with E-state index in [1.54, 1.807) is 6.20 Å². The summed E-state index contributed by atoms with van der Waals surface area (Å²) in [6.07, 6.45) is 5.99. The lowest BCUT2D eigenvalue weighted by atomic mass is 9.91. The van der Waals surface area contributed by atoms with Crippen molar-refractivity contribution in [3.63, 3.8) is 0 Å². The van der Waals surface area contributed by atoms with Crippen molar-refractivity contribution in [2.24, 2.45) is 0 Å². The second-order valence-corrected chi connectivity index (χ2v) is 8.95. The minimum absolute atomic E-state index is 0.138. The molecule has 1 heterocycles. The first kappa shape index (κ1) is 25.4. The Morgan fingerprint density at radius 1 is 1.26 bits per heavy atom. The van der Waals surface area contributed by atoms with Crippen LogP contribution in [0.1, 0.15) is 78.7 Å². The monoisotopic (exact) mass is 451 g/mol. The lowest BCUT2D eigenvalue weighted by molar-refractivity contribution is -0.155. The summed E-state index contributed by atoms with van der Waals surface area (Å²) in [4.78, 5) is 20.7. The molecular weight excluding hydrogens is 418 g/mol. The molecule has 0 unspecified atom stereocenters. The predicted molar refractivity (Wildman–Crippen MR) is 121 cm³/mol. The number of aromatic nitrogens is 2. The SMILES string of the molecule is CCOC(C#Cc1cnc(Cl)nc1NC1(CCC(=O)OC(C)(C)C)CCCC1)OCC. The van der Waals surface area contributed by atoms with E-state index < -0.39 is 11.9 Å². The summed E-state index contributed by atoms with van der Waals surface area (Å²) in [5.41, 5.74) is -0.143. The van der Waals surface area contributed by atoms with Gasteiger partial charge in [-0.3, -0.25) is 4.79 Å². The lowest BCUT2D eigenvalue weighted by Crippen LogP contribution is -2.37. The molecule has 0 aromatic carbocycles. The van der Waals surface area contributed by atoms with Gasteiger partial charge in [-0.2, -0.15) is 4.98 Å². The number of carbonyl (C=O) groups excluding carboxylic acids is 1. The van der Waals surface area contributed by atoms with E-state index in [0.29, 0.717) is 37.4 Å². The van der Waals surface area contributed by atoms with Gasteiger partial charge in [0, 0.05) is 31.4 Å². The van der Waals surface area contributed by atoms with Crippen LogP contribution >= 0.6 is 11.6 Å². The maximum atomic E-state index is 12.3. The molecule has 1 aliphatic carbocycles. The smallest absolute Gasteiger partial charge is 0.306 e. The summed E-state index contributed by atoms with van der Waals surface area (Å²) in [5, 5.41) is 3.68. The molecule has 172 valence electrons. The maximum absolute atomic E-state index is 12.3. The number of hydrogen-bond donors (Lipinski definition) is 1. The molecule has 1 aromatic rings. The molecule has 1 aliphatic rings. The predicted octanol–water partition coefficient (Wildman–Crippen LogP) is 4.73. The van der Waals surface area contributed by atoms with Crippen LogP contribution in [0.25, 0.3) is 0 Å². The first-order valence-corrected chi connectivity index (χ1v) is 11.3. The van der Waals surface area contributed by atoms with Gasteiger partial charge in [0.1, 0.15) is 11.4 Å². The maximum Gasteiger partial charge on any atom is 0.306 e. The number of ether oxygens (including phenoxy) is 3. The molecule has 1 fully saturated rings. The van der Waals surface area contributed by atoms with Crippen molar-refractivity contribution in [2.75, 3.05) is 18.5 Å². The fraction of sp³-hybridized carbons (Fsp3) is 0.696. The molecule has 7 nitrogen and oxygen atoms in total. The average Bonchev–Trinajstić information content (AvgIpc) is 3.13. The molecule has 0 bridgehead atoms. The van der Waals surface area contributed by atoms with Crippen LogP contribution in [0.3, 0.4) is 0 Å². The largest absolute Gasteiger partial charge is 0.460 e. The van der Waals surface area contributed by atoms with E-state index in [1.807, 2.05) is 34.6 Å². The Hall–Kier alpha value is -1.88. The fourth-order valence-electron chi connectivity index (χ4n) is 3.59. The van der Waals surface area contributed by atoms with E-state index >= 15 is 0 Å². The van der Waals surface area contributed by atoms with Crippen LogP contribution in [0.5, 0.6) is 0 Å². The van der Waals surface area contributed by atoms with Crippen molar-refractivity contribution in [3.8, 4) is 11.8 Å². The first-order chi connectivity index (χ1) is 14.7. The number of nitrogens with zero attached hydrogens (tertiary/aromatic N) is 2. The summed E-state index contributed by atoms with van der Waals surface area (Å²) in [7, 11) is 0. The number of carbonyl (C=O) groups is 1. The zero-order valence-electron chi connectivity index (χ0n) is 19.2. The molecule has 0 aliphatic heterocycles. The number of anilines is 1. The van der Waals surface area contributed by atoms with Gasteiger partial charge in [0.2, 0.25) is 11.6 Å². The Balaban J connectivity index is 2.20. The Bertz CT molecular complexity index is 786. The molecule has 0 saturated heterocycles. The van der Waals surface area contributed by atoms with Gasteiger partial charge in [-0.25, -0.2) is 4.98 Å². The van der Waals surface area contributed by atoms with Crippen molar-refractivity contribution in [3.05, 3.63) is 17.0 Å². The molecular formula is C23H34ClN3O4. The Kier molecular flexibility index (Phi) is 9.54. The Morgan fingerprint density at radius 2 is 1.90 bits per heavy atom. The van der Waals surface area contributed by atoms with Crippen molar-refractivity contribution in [1.82, 2.24) is 9.97 Å². The van der Waals surface area contributed by atoms with Gasteiger partial charge in [-0.1, -0.05) is 18.8 Å². The summed E-state index contributed by atoms with van der Waals surface area (Å²) in [6.45, 7) is 10.4. The van der Waals surface area contributed by atoms with Crippen LogP contribution < -0.4 is 5.32 Å². The standard InChI is InChI=1S/C23H34ClN3O4/c1-6-29-19(30-7-2)11-10-17-16-25-21(24)26-20(17)27-23(13-8-9-14-23)15-12-18(28)31-22(3,4)5/h16,19H,6-9,12-15H2,1-5H3,(H,25,26,27). The third-order valence-corrected chi connectivity index (χ3v) is 5.07. The lowest BCUT2D eigenvalue weighted by Gasteiger charge is -2.31. The van der Waals surface area contributed by atoms with Crippen LogP contribution in [0.2, 0.25) is 5.28 Å². The normalized spacial score (nSPS) is 15.5. The van der Waals surface area contributed by atoms with Crippen LogP contribution in [-0.4, -0.2) is 46.6 Å². The van der Waals surface area contributed by atoms with E-state index in [4.69, 9.17) is 25.8 Å². The molecule has 2 rings (SSSR count). The zero-order valence-corrected chi connectivity index (χ0v) is 20.0. The summed E-state index contributed by atoms with van der Waals surface area (Å²) in [6, 6.07) is 0. The van der Waals surface area contributed by atoms with E-state index in [9.17, 15) is 4.79 Å². The number of hydrogen-bond acceptors (Lipinski definition) is 7. The van der Waals surface area contributed by atoms with Gasteiger partial charge in [-0.15, -0.1) is 0 Å². The third-order valence-electron chi connectivity index (χ3n) is 4.89. The highest BCUT2D eigenvalue weighted by atomic mass is 35.5. The molecule has 1 saturated carbocycles. The number of halogens is 1. The molecule has 1 aromatic heterocycles. The highest BCUT2D eigenvalue weighted by Gasteiger charge is 2.35. The van der Waals surface area contributed by atoms with Crippen LogP contribution in [-0.2, 0) is 19.0 Å². The molecule has 8 heteroatoms. The highest BCUT2D eigenvalue weighted by molar-refractivity contribution is 6.28. The van der Waals surface area contributed by atoms with Crippen molar-refractivity contribution in [2.45, 2.75) is 90.6 Å². The highest BCUT2D eigenvalue weighted by Crippen LogP contribution is 2.37. The average molecular weight is 452 g/mol. The molecule has 0 amide bonds. The van der Waals surface area contributed by atoms with E-state index in [0.717, 1.165) is 25.7 Å². The van der Waals surface area contributed by atoms with Gasteiger partial charge in [0.05, 0.1) is 5.56 Å². The number of esters is 1. The second kappa shape index (κ2) is 11.7. The molecule has 0 spiro atoms. The quantitative estimate of drug-likeness (QED) is 0.251. The molecule has 0 atom stereocenters. The zero-order chi connectivity index (χ0) is 22.9. The van der Waals surface area contributed by atoms with Gasteiger partial charge in [0.15, 0.2) is 0 Å². The number of rotatable bonds is 9. The van der Waals surface area contributed by atoms with Gasteiger partial charge in [-0.05, 0) is 71.4 Å². The van der Waals surface area contributed by atoms with Crippen LogP contribution in [0.4, 0.5) is 5.82 Å². The third kappa shape index (κ3) is 8.64. The van der Waals surface area contributed by atoms with Gasteiger partial charge < -0.3 is 19.5 Å². The summed E-state index contributed by atoms with van der Waals surface area (Å²) < 4.78 is 16.5. The minimum Gasteiger partial charge on any atom is -0.460 e. The molecule has 0 radical (unpaired) electrons. The fourth-order valence-corrected chi connectivity index (χ4v) is 3.73. The van der Waals surface area contributed by atoms with Gasteiger partial charge in [0.25, 0.3) is 0 Å². The first-order valence-electron chi connectivity index (χ1n) is 10.9. The van der Waals surface area contributed by atoms with Crippen LogP contribution in [0.15, 0.2) is 6.20 Å². The van der Waals surface area contributed by atoms with E-state index in [2.05, 4.69) is 27.1 Å². The molecule has 1 N–H and O–H groups in total. The summed E-state index contributed by atoms with van der Waals surface area (Å²) in [5.74, 6) is 6.40. The second-order valence-electron chi connectivity index (χ2n) is 8.61. The van der Waals surface area contributed by atoms with E-state index in [-0.39, 0.29) is 16.8 Å². The number of nitrogens with one attached hydrogen (secondary N) is 1. The Morgan fingerprint density at radius 3 is 2.48 bits per heavy atom. The van der Waals surface area contributed by atoms with Gasteiger partial charge >= 0.3 is 5.97 Å². The van der Waals surface area contributed by atoms with Crippen molar-refractivity contribution >= 4 is 23.4 Å². The van der Waals surface area contributed by atoms with E-state index in [1.165, 1.54) is 0 Å². The summed E-state index contributed by atoms with van der Waals surface area (Å²) >= 11 is 6.08. The van der Waals surface area contributed by atoms with Crippen molar-refractivity contribution < 1.29 is 19.0 Å². The topological polar surface area (TPSA) is 82.6 Å². The van der Waals surface area contributed by atoms with Crippen molar-refractivity contribution in [1.29, 1.82) is 0 Å². The minimum atomic E-state index is -0.619.